The number of carbonyl (C=O) groups is 2. The Balaban J connectivity index is 0.000000450. The summed E-state index contributed by atoms with van der Waals surface area (Å²) in [5, 5.41) is 28.7. The average molecular weight is 346 g/mol. The number of carboxylic acids is 2. The summed E-state index contributed by atoms with van der Waals surface area (Å²) in [6.45, 7) is 1.50. The van der Waals surface area contributed by atoms with E-state index in [0.29, 0.717) is 6.54 Å². The van der Waals surface area contributed by atoms with E-state index < -0.39 is 11.9 Å². The van der Waals surface area contributed by atoms with Gasteiger partial charge in [0.25, 0.3) is 5.69 Å². The van der Waals surface area contributed by atoms with E-state index in [0.717, 1.165) is 18.5 Å². The fourth-order valence-electron chi connectivity index (χ4n) is 1.89. The normalized spacial score (nSPS) is 9.60. The number of rotatable bonds is 6. The number of nitrogens with zero attached hydrogens (tertiary/aromatic N) is 1. The van der Waals surface area contributed by atoms with Crippen molar-refractivity contribution >= 4 is 17.6 Å². The van der Waals surface area contributed by atoms with Crippen LogP contribution >= 0.6 is 0 Å². The molecule has 0 aliphatic heterocycles. The first-order chi connectivity index (χ1) is 11.9. The zero-order chi connectivity index (χ0) is 18.7. The number of aliphatic carboxylic acids is 2. The van der Waals surface area contributed by atoms with Crippen molar-refractivity contribution in [2.75, 3.05) is 6.54 Å². The third-order valence-electron chi connectivity index (χ3n) is 3.07. The molecule has 0 fully saturated rings. The number of benzene rings is 2. The molecule has 0 aliphatic rings. The Labute approximate surface area is 143 Å². The van der Waals surface area contributed by atoms with Crippen LogP contribution in [0.15, 0.2) is 54.6 Å². The summed E-state index contributed by atoms with van der Waals surface area (Å²) < 4.78 is 0. The summed E-state index contributed by atoms with van der Waals surface area (Å²) in [5.74, 6) is -3.65. The molecule has 25 heavy (non-hydrogen) atoms. The first-order valence-corrected chi connectivity index (χ1v) is 7.34. The third kappa shape index (κ3) is 8.24. The van der Waals surface area contributed by atoms with Gasteiger partial charge in [-0.3, -0.25) is 10.1 Å². The molecule has 2 rings (SSSR count). The monoisotopic (exact) mass is 346 g/mol. The molecule has 0 unspecified atom stereocenters. The molecular formula is C17H18N2O6. The standard InChI is InChI=1S/C15H16N2O2.C2H2O4/c18-17(19)15-8-4-7-14(11-15)12-16-10-9-13-5-2-1-3-6-13;3-1(4)2(5)6/h1-8,11,16H,9-10,12H2;(H,3,4)(H,5,6). The second-order valence-corrected chi connectivity index (χ2v) is 4.95. The molecule has 2 aromatic carbocycles. The van der Waals surface area contributed by atoms with E-state index >= 15 is 0 Å². The molecule has 0 spiro atoms. The molecule has 0 aromatic heterocycles. The molecule has 0 saturated heterocycles. The number of non-ortho nitro benzene ring substituents is 1. The molecule has 0 bridgehead atoms. The lowest BCUT2D eigenvalue weighted by atomic mass is 10.1. The van der Waals surface area contributed by atoms with Crippen molar-refractivity contribution in [3.63, 3.8) is 0 Å². The number of nitrogens with one attached hydrogen (secondary N) is 1. The van der Waals surface area contributed by atoms with E-state index in [-0.39, 0.29) is 10.6 Å². The highest BCUT2D eigenvalue weighted by atomic mass is 16.6. The highest BCUT2D eigenvalue weighted by Crippen LogP contribution is 2.12. The Morgan fingerprint density at radius 1 is 0.960 bits per heavy atom. The lowest BCUT2D eigenvalue weighted by molar-refractivity contribution is -0.384. The van der Waals surface area contributed by atoms with Crippen LogP contribution in [0.4, 0.5) is 5.69 Å². The van der Waals surface area contributed by atoms with E-state index in [1.807, 2.05) is 24.3 Å². The summed E-state index contributed by atoms with van der Waals surface area (Å²) in [6.07, 6.45) is 0.954. The molecule has 132 valence electrons. The van der Waals surface area contributed by atoms with Crippen molar-refractivity contribution in [2.24, 2.45) is 0 Å². The Hall–Kier alpha value is -3.26. The molecule has 0 radical (unpaired) electrons. The number of nitro benzene ring substituents is 1. The van der Waals surface area contributed by atoms with Crippen LogP contribution in [-0.2, 0) is 22.6 Å². The van der Waals surface area contributed by atoms with E-state index in [4.69, 9.17) is 19.8 Å². The van der Waals surface area contributed by atoms with E-state index in [2.05, 4.69) is 17.4 Å². The minimum atomic E-state index is -1.82. The molecule has 3 N–H and O–H groups in total. The Bertz CT molecular complexity index is 706. The largest absolute Gasteiger partial charge is 0.473 e. The smallest absolute Gasteiger partial charge is 0.414 e. The minimum absolute atomic E-state index is 0.141. The van der Waals surface area contributed by atoms with E-state index in [1.54, 1.807) is 12.1 Å². The van der Waals surface area contributed by atoms with Crippen molar-refractivity contribution in [1.82, 2.24) is 5.32 Å². The highest BCUT2D eigenvalue weighted by molar-refractivity contribution is 6.27. The quantitative estimate of drug-likeness (QED) is 0.316. The SMILES string of the molecule is O=C(O)C(=O)O.O=[N+]([O-])c1cccc(CNCCc2ccccc2)c1. The van der Waals surface area contributed by atoms with Crippen LogP contribution in [0.5, 0.6) is 0 Å². The van der Waals surface area contributed by atoms with Crippen molar-refractivity contribution in [2.45, 2.75) is 13.0 Å². The predicted octanol–water partition coefficient (Wildman–Crippen LogP) is 2.08. The van der Waals surface area contributed by atoms with Gasteiger partial charge in [-0.2, -0.15) is 0 Å². The molecule has 0 saturated carbocycles. The summed E-state index contributed by atoms with van der Waals surface area (Å²) in [5.41, 5.74) is 2.36. The van der Waals surface area contributed by atoms with Gasteiger partial charge in [0.05, 0.1) is 4.92 Å². The summed E-state index contributed by atoms with van der Waals surface area (Å²) in [4.78, 5) is 28.5. The van der Waals surface area contributed by atoms with Crippen LogP contribution in [0.25, 0.3) is 0 Å². The Morgan fingerprint density at radius 2 is 1.56 bits per heavy atom. The van der Waals surface area contributed by atoms with Gasteiger partial charge in [0.2, 0.25) is 0 Å². The maximum absolute atomic E-state index is 10.7. The van der Waals surface area contributed by atoms with Gasteiger partial charge in [-0.25, -0.2) is 9.59 Å². The van der Waals surface area contributed by atoms with Crippen molar-refractivity contribution in [3.8, 4) is 0 Å². The first kappa shape index (κ1) is 19.8. The van der Waals surface area contributed by atoms with Gasteiger partial charge in [0, 0.05) is 18.7 Å². The average Bonchev–Trinajstić information content (AvgIpc) is 2.60. The van der Waals surface area contributed by atoms with Crippen molar-refractivity contribution in [3.05, 3.63) is 75.8 Å². The zero-order valence-corrected chi connectivity index (χ0v) is 13.3. The van der Waals surface area contributed by atoms with Crippen LogP contribution in [-0.4, -0.2) is 33.6 Å². The Kier molecular flexibility index (Phi) is 8.31. The van der Waals surface area contributed by atoms with E-state index in [1.165, 1.54) is 11.6 Å². The molecular weight excluding hydrogens is 328 g/mol. The van der Waals surface area contributed by atoms with Crippen LogP contribution in [0.1, 0.15) is 11.1 Å². The number of carboxylic acid groups (broad SMARTS) is 2. The van der Waals surface area contributed by atoms with Crippen LogP contribution in [0, 0.1) is 10.1 Å². The number of hydrogen-bond donors (Lipinski definition) is 3. The molecule has 0 atom stereocenters. The number of hydrogen-bond acceptors (Lipinski definition) is 5. The fraction of sp³-hybridized carbons (Fsp3) is 0.176. The summed E-state index contributed by atoms with van der Waals surface area (Å²) >= 11 is 0. The molecule has 8 nitrogen and oxygen atoms in total. The summed E-state index contributed by atoms with van der Waals surface area (Å²) in [7, 11) is 0. The van der Waals surface area contributed by atoms with Gasteiger partial charge < -0.3 is 15.5 Å². The maximum atomic E-state index is 10.7. The highest BCUT2D eigenvalue weighted by Gasteiger charge is 2.05. The van der Waals surface area contributed by atoms with Crippen LogP contribution in [0.2, 0.25) is 0 Å². The second kappa shape index (κ2) is 10.5. The van der Waals surface area contributed by atoms with Gasteiger partial charge in [-0.05, 0) is 24.1 Å². The zero-order valence-electron chi connectivity index (χ0n) is 13.3. The molecule has 2 aromatic rings. The van der Waals surface area contributed by atoms with Gasteiger partial charge in [0.15, 0.2) is 0 Å². The predicted molar refractivity (Wildman–Crippen MR) is 90.2 cm³/mol. The molecule has 0 amide bonds. The van der Waals surface area contributed by atoms with E-state index in [9.17, 15) is 10.1 Å². The van der Waals surface area contributed by atoms with Crippen LogP contribution < -0.4 is 5.32 Å². The Morgan fingerprint density at radius 3 is 2.12 bits per heavy atom. The topological polar surface area (TPSA) is 130 Å². The minimum Gasteiger partial charge on any atom is -0.473 e. The van der Waals surface area contributed by atoms with Gasteiger partial charge >= 0.3 is 11.9 Å². The molecule has 0 heterocycles. The van der Waals surface area contributed by atoms with Crippen molar-refractivity contribution in [1.29, 1.82) is 0 Å². The van der Waals surface area contributed by atoms with Gasteiger partial charge in [-0.1, -0.05) is 42.5 Å². The number of nitro groups is 1. The molecule has 8 heteroatoms. The van der Waals surface area contributed by atoms with Gasteiger partial charge in [0.1, 0.15) is 0 Å². The third-order valence-corrected chi connectivity index (χ3v) is 3.07. The summed E-state index contributed by atoms with van der Waals surface area (Å²) in [6, 6.07) is 17.0. The second-order valence-electron chi connectivity index (χ2n) is 4.95. The fourth-order valence-corrected chi connectivity index (χ4v) is 1.89. The lowest BCUT2D eigenvalue weighted by Crippen LogP contribution is -2.16. The van der Waals surface area contributed by atoms with Crippen LogP contribution in [0.3, 0.4) is 0 Å². The van der Waals surface area contributed by atoms with Crippen molar-refractivity contribution < 1.29 is 24.7 Å². The molecule has 0 aliphatic carbocycles. The maximum Gasteiger partial charge on any atom is 0.414 e. The lowest BCUT2D eigenvalue weighted by Gasteiger charge is -2.05. The first-order valence-electron chi connectivity index (χ1n) is 7.34. The van der Waals surface area contributed by atoms with Gasteiger partial charge in [-0.15, -0.1) is 0 Å².